The lowest BCUT2D eigenvalue weighted by atomic mass is 9.97. The summed E-state index contributed by atoms with van der Waals surface area (Å²) >= 11 is 1.42. The van der Waals surface area contributed by atoms with Gasteiger partial charge in [-0.25, -0.2) is 9.78 Å². The number of amides is 1. The molecule has 0 aromatic carbocycles. The van der Waals surface area contributed by atoms with Crippen molar-refractivity contribution in [3.05, 3.63) is 16.1 Å². The number of thiazole rings is 1. The molecule has 6 heteroatoms. The van der Waals surface area contributed by atoms with Gasteiger partial charge in [0.25, 0.3) is 0 Å². The van der Waals surface area contributed by atoms with Gasteiger partial charge < -0.3 is 9.64 Å². The number of unbranched alkanes of at least 4 members (excludes halogenated alkanes) is 1. The molecule has 0 bridgehead atoms. The molecule has 0 aliphatic carbocycles. The minimum atomic E-state index is -0.399. The third-order valence-corrected chi connectivity index (χ3v) is 5.23. The average Bonchev–Trinajstić information content (AvgIpc) is 3.07. The van der Waals surface area contributed by atoms with Gasteiger partial charge in [-0.15, -0.1) is 11.3 Å². The smallest absolute Gasteiger partial charge is 0.357 e. The lowest BCUT2D eigenvalue weighted by Crippen LogP contribution is -2.36. The summed E-state index contributed by atoms with van der Waals surface area (Å²) in [4.78, 5) is 31.2. The maximum absolute atomic E-state index is 13.1. The molecule has 0 radical (unpaired) electrons. The summed E-state index contributed by atoms with van der Waals surface area (Å²) in [7, 11) is 0. The summed E-state index contributed by atoms with van der Waals surface area (Å²) in [5.74, 6) is 0.429. The Kier molecular flexibility index (Phi) is 10.5. The van der Waals surface area contributed by atoms with Crippen LogP contribution in [0.15, 0.2) is 5.38 Å². The van der Waals surface area contributed by atoms with Crippen LogP contribution in [0.3, 0.4) is 0 Å². The summed E-state index contributed by atoms with van der Waals surface area (Å²) in [6.07, 6.45) is 4.95. The van der Waals surface area contributed by atoms with Gasteiger partial charge in [0.15, 0.2) is 5.69 Å². The van der Waals surface area contributed by atoms with Gasteiger partial charge in [0.1, 0.15) is 5.01 Å². The SMILES string of the molecule is CCCCC(CC)C(=O)N(CCC(C)C)Cc1nc(C(=O)OCC)cs1. The Morgan fingerprint density at radius 1 is 1.23 bits per heavy atom. The predicted molar refractivity (Wildman–Crippen MR) is 106 cm³/mol. The van der Waals surface area contributed by atoms with Gasteiger partial charge in [0.05, 0.1) is 13.2 Å². The molecule has 1 unspecified atom stereocenters. The van der Waals surface area contributed by atoms with E-state index in [0.29, 0.717) is 24.8 Å². The maximum atomic E-state index is 13.1. The van der Waals surface area contributed by atoms with Crippen molar-refractivity contribution in [2.75, 3.05) is 13.2 Å². The second kappa shape index (κ2) is 12.0. The first-order valence-electron chi connectivity index (χ1n) is 9.83. The van der Waals surface area contributed by atoms with E-state index in [1.54, 1.807) is 12.3 Å². The summed E-state index contributed by atoms with van der Waals surface area (Å²) in [5.41, 5.74) is 0.334. The Morgan fingerprint density at radius 3 is 2.54 bits per heavy atom. The highest BCUT2D eigenvalue weighted by Gasteiger charge is 2.24. The third kappa shape index (κ3) is 7.44. The van der Waals surface area contributed by atoms with E-state index >= 15 is 0 Å². The molecule has 0 fully saturated rings. The first-order valence-corrected chi connectivity index (χ1v) is 10.7. The van der Waals surface area contributed by atoms with Crippen molar-refractivity contribution in [1.29, 1.82) is 0 Å². The molecule has 0 aliphatic rings. The highest BCUT2D eigenvalue weighted by Crippen LogP contribution is 2.20. The van der Waals surface area contributed by atoms with E-state index in [2.05, 4.69) is 32.7 Å². The van der Waals surface area contributed by atoms with E-state index in [-0.39, 0.29) is 11.8 Å². The Bertz CT molecular complexity index is 557. The molecule has 0 aliphatic heterocycles. The second-order valence-electron chi connectivity index (χ2n) is 7.04. The summed E-state index contributed by atoms with van der Waals surface area (Å²) in [6, 6.07) is 0. The highest BCUT2D eigenvalue weighted by atomic mass is 32.1. The molecule has 1 aromatic heterocycles. The Morgan fingerprint density at radius 2 is 1.96 bits per heavy atom. The molecule has 1 atom stereocenters. The standard InChI is InChI=1S/C20H34N2O3S/c1-6-9-10-16(7-2)19(23)22(12-11-15(4)5)13-18-21-17(14-26-18)20(24)25-8-3/h14-16H,6-13H2,1-5H3. The summed E-state index contributed by atoms with van der Waals surface area (Å²) in [5, 5.41) is 2.50. The lowest BCUT2D eigenvalue weighted by Gasteiger charge is -2.27. The molecule has 1 amide bonds. The van der Waals surface area contributed by atoms with Crippen LogP contribution in [-0.4, -0.2) is 34.9 Å². The zero-order valence-electron chi connectivity index (χ0n) is 16.9. The Hall–Kier alpha value is -1.43. The quantitative estimate of drug-likeness (QED) is 0.482. The number of carbonyl (C=O) groups is 2. The van der Waals surface area contributed by atoms with Crippen LogP contribution in [-0.2, 0) is 16.1 Å². The van der Waals surface area contributed by atoms with Crippen molar-refractivity contribution in [3.8, 4) is 0 Å². The number of aromatic nitrogens is 1. The minimum Gasteiger partial charge on any atom is -0.461 e. The summed E-state index contributed by atoms with van der Waals surface area (Å²) in [6.45, 7) is 11.9. The first kappa shape index (κ1) is 22.6. The van der Waals surface area contributed by atoms with E-state index in [9.17, 15) is 9.59 Å². The van der Waals surface area contributed by atoms with Gasteiger partial charge in [-0.3, -0.25) is 4.79 Å². The molecule has 5 nitrogen and oxygen atoms in total. The second-order valence-corrected chi connectivity index (χ2v) is 7.98. The van der Waals surface area contributed by atoms with Crippen molar-refractivity contribution < 1.29 is 14.3 Å². The number of carbonyl (C=O) groups excluding carboxylic acids is 2. The van der Waals surface area contributed by atoms with Crippen LogP contribution < -0.4 is 0 Å². The van der Waals surface area contributed by atoms with E-state index in [4.69, 9.17) is 4.74 Å². The molecular weight excluding hydrogens is 348 g/mol. The fourth-order valence-electron chi connectivity index (χ4n) is 2.74. The van der Waals surface area contributed by atoms with Crippen LogP contribution in [0.1, 0.15) is 82.2 Å². The van der Waals surface area contributed by atoms with Gasteiger partial charge in [0, 0.05) is 17.8 Å². The summed E-state index contributed by atoms with van der Waals surface area (Å²) < 4.78 is 5.00. The zero-order valence-corrected chi connectivity index (χ0v) is 17.7. The molecule has 26 heavy (non-hydrogen) atoms. The molecule has 0 spiro atoms. The van der Waals surface area contributed by atoms with Crippen molar-refractivity contribution in [2.45, 2.75) is 73.3 Å². The molecule has 0 saturated heterocycles. The minimum absolute atomic E-state index is 0.0756. The van der Waals surface area contributed by atoms with Crippen LogP contribution in [0.5, 0.6) is 0 Å². The van der Waals surface area contributed by atoms with Crippen molar-refractivity contribution >= 4 is 23.2 Å². The monoisotopic (exact) mass is 382 g/mol. The number of ether oxygens (including phenoxy) is 1. The third-order valence-electron chi connectivity index (χ3n) is 4.40. The normalized spacial score (nSPS) is 12.2. The largest absolute Gasteiger partial charge is 0.461 e. The van der Waals surface area contributed by atoms with Crippen molar-refractivity contribution in [3.63, 3.8) is 0 Å². The molecule has 1 aromatic rings. The van der Waals surface area contributed by atoms with E-state index in [1.165, 1.54) is 11.3 Å². The number of hydrogen-bond acceptors (Lipinski definition) is 5. The number of hydrogen-bond donors (Lipinski definition) is 0. The van der Waals surface area contributed by atoms with E-state index < -0.39 is 5.97 Å². The Labute approximate surface area is 162 Å². The average molecular weight is 383 g/mol. The number of nitrogens with zero attached hydrogens (tertiary/aromatic N) is 2. The highest BCUT2D eigenvalue weighted by molar-refractivity contribution is 7.09. The molecule has 0 N–H and O–H groups in total. The van der Waals surface area contributed by atoms with Crippen LogP contribution in [0.4, 0.5) is 0 Å². The predicted octanol–water partition coefficient (Wildman–Crippen LogP) is 4.91. The van der Waals surface area contributed by atoms with Crippen LogP contribution in [0.2, 0.25) is 0 Å². The fourth-order valence-corrected chi connectivity index (χ4v) is 3.52. The van der Waals surface area contributed by atoms with Gasteiger partial charge in [-0.2, -0.15) is 0 Å². The van der Waals surface area contributed by atoms with Gasteiger partial charge >= 0.3 is 5.97 Å². The number of rotatable bonds is 12. The first-order chi connectivity index (χ1) is 12.4. The molecular formula is C20H34N2O3S. The molecule has 0 saturated carbocycles. The maximum Gasteiger partial charge on any atom is 0.357 e. The molecule has 148 valence electrons. The number of esters is 1. The zero-order chi connectivity index (χ0) is 19.5. The molecule has 1 rings (SSSR count). The van der Waals surface area contributed by atoms with Crippen LogP contribution in [0, 0.1) is 11.8 Å². The van der Waals surface area contributed by atoms with E-state index in [1.807, 2.05) is 4.90 Å². The van der Waals surface area contributed by atoms with Gasteiger partial charge in [0.2, 0.25) is 5.91 Å². The fraction of sp³-hybridized carbons (Fsp3) is 0.750. The van der Waals surface area contributed by atoms with Gasteiger partial charge in [-0.1, -0.05) is 40.5 Å². The van der Waals surface area contributed by atoms with Crippen molar-refractivity contribution in [1.82, 2.24) is 9.88 Å². The van der Waals surface area contributed by atoms with Gasteiger partial charge in [-0.05, 0) is 32.1 Å². The topological polar surface area (TPSA) is 59.5 Å². The molecule has 1 heterocycles. The van der Waals surface area contributed by atoms with Crippen LogP contribution >= 0.6 is 11.3 Å². The van der Waals surface area contributed by atoms with E-state index in [0.717, 1.165) is 43.7 Å². The Balaban J connectivity index is 2.85. The lowest BCUT2D eigenvalue weighted by molar-refractivity contribution is -0.136. The van der Waals surface area contributed by atoms with Crippen LogP contribution in [0.25, 0.3) is 0 Å². The van der Waals surface area contributed by atoms with Crippen molar-refractivity contribution in [2.24, 2.45) is 11.8 Å².